The zero-order valence-electron chi connectivity index (χ0n) is 11.1. The first-order valence-corrected chi connectivity index (χ1v) is 6.77. The summed E-state index contributed by atoms with van der Waals surface area (Å²) < 4.78 is 1.80. The van der Waals surface area contributed by atoms with Crippen LogP contribution in [0.5, 0.6) is 0 Å². The van der Waals surface area contributed by atoms with Crippen LogP contribution in [0.1, 0.15) is 18.4 Å². The number of carbonyl (C=O) groups excluding carboxylic acids is 1. The second-order valence-corrected chi connectivity index (χ2v) is 4.92. The predicted octanol–water partition coefficient (Wildman–Crippen LogP) is 1.02. The van der Waals surface area contributed by atoms with Gasteiger partial charge in [-0.05, 0) is 37.1 Å². The fraction of sp³-hybridized carbons (Fsp3) is 0.357. The molecule has 1 fully saturated rings. The Labute approximate surface area is 117 Å². The Bertz CT molecular complexity index is 574. The maximum absolute atomic E-state index is 12.0. The van der Waals surface area contributed by atoms with E-state index in [9.17, 15) is 4.79 Å². The molecule has 6 heteroatoms. The summed E-state index contributed by atoms with van der Waals surface area (Å²) in [5.74, 6) is 0.0194. The molecule has 20 heavy (non-hydrogen) atoms. The summed E-state index contributed by atoms with van der Waals surface area (Å²) >= 11 is 0. The van der Waals surface area contributed by atoms with Crippen LogP contribution in [-0.4, -0.2) is 33.3 Å². The van der Waals surface area contributed by atoms with Gasteiger partial charge in [-0.3, -0.25) is 14.5 Å². The van der Waals surface area contributed by atoms with Crippen LogP contribution in [0.2, 0.25) is 0 Å². The van der Waals surface area contributed by atoms with Crippen molar-refractivity contribution in [3.05, 3.63) is 42.5 Å². The summed E-state index contributed by atoms with van der Waals surface area (Å²) in [4.78, 5) is 15.9. The molecular weight excluding hydrogens is 254 g/mol. The third-order valence-corrected chi connectivity index (χ3v) is 3.37. The van der Waals surface area contributed by atoms with E-state index in [4.69, 9.17) is 0 Å². The molecule has 2 aromatic heterocycles. The van der Waals surface area contributed by atoms with Gasteiger partial charge < -0.3 is 10.6 Å². The minimum absolute atomic E-state index is 0.0194. The SMILES string of the molecule is O=C(Nc1cnn(Cc2ccncc2)c1)[C@@H]1CCCN1. The zero-order chi connectivity index (χ0) is 13.8. The van der Waals surface area contributed by atoms with Crippen molar-refractivity contribution >= 4 is 11.6 Å². The predicted molar refractivity (Wildman–Crippen MR) is 75.2 cm³/mol. The quantitative estimate of drug-likeness (QED) is 0.871. The Hall–Kier alpha value is -2.21. The number of pyridine rings is 1. The van der Waals surface area contributed by atoms with Gasteiger partial charge in [-0.15, -0.1) is 0 Å². The summed E-state index contributed by atoms with van der Waals surface area (Å²) in [7, 11) is 0. The van der Waals surface area contributed by atoms with Crippen LogP contribution in [0.25, 0.3) is 0 Å². The van der Waals surface area contributed by atoms with Gasteiger partial charge >= 0.3 is 0 Å². The monoisotopic (exact) mass is 271 g/mol. The van der Waals surface area contributed by atoms with Crippen molar-refractivity contribution in [2.24, 2.45) is 0 Å². The van der Waals surface area contributed by atoms with E-state index >= 15 is 0 Å². The van der Waals surface area contributed by atoms with Crippen LogP contribution in [-0.2, 0) is 11.3 Å². The molecule has 6 nitrogen and oxygen atoms in total. The first-order chi connectivity index (χ1) is 9.81. The van der Waals surface area contributed by atoms with Crippen molar-refractivity contribution in [1.29, 1.82) is 0 Å². The zero-order valence-corrected chi connectivity index (χ0v) is 11.1. The Morgan fingerprint density at radius 3 is 3.05 bits per heavy atom. The number of aromatic nitrogens is 3. The number of amides is 1. The summed E-state index contributed by atoms with van der Waals surface area (Å²) in [6.07, 6.45) is 8.98. The molecular formula is C14H17N5O. The lowest BCUT2D eigenvalue weighted by molar-refractivity contribution is -0.117. The van der Waals surface area contributed by atoms with Gasteiger partial charge in [0.25, 0.3) is 0 Å². The highest BCUT2D eigenvalue weighted by molar-refractivity contribution is 5.94. The standard InChI is InChI=1S/C14H17N5O/c20-14(13-2-1-5-16-13)18-12-8-17-19(10-12)9-11-3-6-15-7-4-11/h3-4,6-8,10,13,16H,1-2,5,9H2,(H,18,20)/t13-/m0/s1. The molecule has 2 aromatic rings. The molecule has 0 aromatic carbocycles. The second kappa shape index (κ2) is 5.83. The van der Waals surface area contributed by atoms with E-state index in [0.29, 0.717) is 6.54 Å². The molecule has 104 valence electrons. The number of rotatable bonds is 4. The van der Waals surface area contributed by atoms with Gasteiger partial charge in [0.15, 0.2) is 0 Å². The lowest BCUT2D eigenvalue weighted by Crippen LogP contribution is -2.35. The van der Waals surface area contributed by atoms with Crippen LogP contribution in [0, 0.1) is 0 Å². The van der Waals surface area contributed by atoms with Crippen LogP contribution in [0.15, 0.2) is 36.9 Å². The van der Waals surface area contributed by atoms with Gasteiger partial charge in [0, 0.05) is 18.6 Å². The van der Waals surface area contributed by atoms with Gasteiger partial charge in [0.2, 0.25) is 5.91 Å². The van der Waals surface area contributed by atoms with Crippen molar-refractivity contribution in [3.63, 3.8) is 0 Å². The largest absolute Gasteiger partial charge is 0.322 e. The highest BCUT2D eigenvalue weighted by Crippen LogP contribution is 2.11. The maximum Gasteiger partial charge on any atom is 0.241 e. The summed E-state index contributed by atoms with van der Waals surface area (Å²) in [6, 6.07) is 3.82. The number of hydrogen-bond donors (Lipinski definition) is 2. The van der Waals surface area contributed by atoms with E-state index in [2.05, 4.69) is 20.7 Å². The van der Waals surface area contributed by atoms with Gasteiger partial charge in [0.05, 0.1) is 24.5 Å². The van der Waals surface area contributed by atoms with E-state index in [1.165, 1.54) is 0 Å². The number of hydrogen-bond acceptors (Lipinski definition) is 4. The molecule has 0 radical (unpaired) electrons. The summed E-state index contributed by atoms with van der Waals surface area (Å²) in [5.41, 5.74) is 1.86. The molecule has 0 aliphatic carbocycles. The summed E-state index contributed by atoms with van der Waals surface area (Å²) in [5, 5.41) is 10.3. The normalized spacial score (nSPS) is 18.1. The van der Waals surface area contributed by atoms with Crippen molar-refractivity contribution in [2.75, 3.05) is 11.9 Å². The molecule has 3 heterocycles. The molecule has 1 amide bonds. The van der Waals surface area contributed by atoms with Gasteiger partial charge in [-0.1, -0.05) is 0 Å². The van der Waals surface area contributed by atoms with Crippen molar-refractivity contribution in [1.82, 2.24) is 20.1 Å². The number of anilines is 1. The minimum Gasteiger partial charge on any atom is -0.322 e. The third kappa shape index (κ3) is 3.03. The molecule has 0 bridgehead atoms. The fourth-order valence-corrected chi connectivity index (χ4v) is 2.33. The van der Waals surface area contributed by atoms with Crippen molar-refractivity contribution in [2.45, 2.75) is 25.4 Å². The van der Waals surface area contributed by atoms with Crippen LogP contribution in [0.4, 0.5) is 5.69 Å². The molecule has 1 aliphatic rings. The summed E-state index contributed by atoms with van der Waals surface area (Å²) in [6.45, 7) is 1.58. The third-order valence-electron chi connectivity index (χ3n) is 3.37. The van der Waals surface area contributed by atoms with Gasteiger partial charge in [-0.25, -0.2) is 0 Å². The highest BCUT2D eigenvalue weighted by Gasteiger charge is 2.22. The number of carbonyl (C=O) groups is 1. The smallest absolute Gasteiger partial charge is 0.241 e. The number of nitrogens with one attached hydrogen (secondary N) is 2. The molecule has 3 rings (SSSR count). The van der Waals surface area contributed by atoms with E-state index in [-0.39, 0.29) is 11.9 Å². The molecule has 0 unspecified atom stereocenters. The van der Waals surface area contributed by atoms with Gasteiger partial charge in [0.1, 0.15) is 0 Å². The van der Waals surface area contributed by atoms with E-state index in [0.717, 1.165) is 30.6 Å². The Morgan fingerprint density at radius 2 is 2.30 bits per heavy atom. The highest BCUT2D eigenvalue weighted by atomic mass is 16.2. The maximum atomic E-state index is 12.0. The minimum atomic E-state index is -0.0708. The average molecular weight is 271 g/mol. The molecule has 1 atom stereocenters. The molecule has 1 saturated heterocycles. The molecule has 2 N–H and O–H groups in total. The first kappa shape index (κ1) is 12.8. The molecule has 0 saturated carbocycles. The Kier molecular flexibility index (Phi) is 3.73. The average Bonchev–Trinajstić information content (AvgIpc) is 3.11. The van der Waals surface area contributed by atoms with Crippen LogP contribution in [0.3, 0.4) is 0 Å². The lowest BCUT2D eigenvalue weighted by Gasteiger charge is -2.09. The first-order valence-electron chi connectivity index (χ1n) is 6.77. The van der Waals surface area contributed by atoms with E-state index in [1.807, 2.05) is 18.3 Å². The lowest BCUT2D eigenvalue weighted by atomic mass is 10.2. The van der Waals surface area contributed by atoms with Crippen molar-refractivity contribution in [3.8, 4) is 0 Å². The van der Waals surface area contributed by atoms with E-state index in [1.54, 1.807) is 23.3 Å². The Balaban J connectivity index is 1.60. The topological polar surface area (TPSA) is 71.8 Å². The number of nitrogens with zero attached hydrogens (tertiary/aromatic N) is 3. The van der Waals surface area contributed by atoms with Crippen LogP contribution < -0.4 is 10.6 Å². The fourth-order valence-electron chi connectivity index (χ4n) is 2.33. The van der Waals surface area contributed by atoms with Crippen LogP contribution >= 0.6 is 0 Å². The van der Waals surface area contributed by atoms with Crippen molar-refractivity contribution < 1.29 is 4.79 Å². The van der Waals surface area contributed by atoms with Gasteiger partial charge in [-0.2, -0.15) is 5.10 Å². The molecule has 0 spiro atoms. The van der Waals surface area contributed by atoms with E-state index < -0.39 is 0 Å². The second-order valence-electron chi connectivity index (χ2n) is 4.92. The molecule has 1 aliphatic heterocycles. The Morgan fingerprint density at radius 1 is 1.45 bits per heavy atom.